The lowest BCUT2D eigenvalue weighted by atomic mass is 9.94. The van der Waals surface area contributed by atoms with Crippen molar-refractivity contribution < 1.29 is 13.2 Å². The molecule has 1 aliphatic rings. The van der Waals surface area contributed by atoms with E-state index in [1.54, 1.807) is 13.8 Å². The number of aromatic nitrogens is 1. The van der Waals surface area contributed by atoms with Gasteiger partial charge in [0.15, 0.2) is 0 Å². The van der Waals surface area contributed by atoms with Gasteiger partial charge in [0.25, 0.3) is 0 Å². The van der Waals surface area contributed by atoms with Crippen LogP contribution in [0.5, 0.6) is 0 Å². The van der Waals surface area contributed by atoms with Gasteiger partial charge < -0.3 is 10.6 Å². The molecule has 2 heterocycles. The minimum absolute atomic E-state index is 0.0248. The van der Waals surface area contributed by atoms with Crippen molar-refractivity contribution in [2.24, 2.45) is 0 Å². The predicted octanol–water partition coefficient (Wildman–Crippen LogP) is 5.80. The number of halogens is 3. The lowest BCUT2D eigenvalue weighted by molar-refractivity contribution is 0.220. The molecule has 0 saturated carbocycles. The maximum absolute atomic E-state index is 14.9. The number of hydrogen-bond acceptors (Lipinski definition) is 3. The molecule has 1 unspecified atom stereocenters. The van der Waals surface area contributed by atoms with E-state index in [9.17, 15) is 13.2 Å². The Labute approximate surface area is 170 Å². The van der Waals surface area contributed by atoms with Gasteiger partial charge in [-0.15, -0.1) is 0 Å². The van der Waals surface area contributed by atoms with Crippen LogP contribution in [-0.2, 0) is 5.67 Å². The molecule has 1 aromatic heterocycles. The fourth-order valence-electron chi connectivity index (χ4n) is 3.72. The summed E-state index contributed by atoms with van der Waals surface area (Å²) in [5.41, 5.74) is 0.931. The zero-order valence-electron chi connectivity index (χ0n) is 17.5. The van der Waals surface area contributed by atoms with E-state index in [0.29, 0.717) is 17.2 Å². The van der Waals surface area contributed by atoms with Crippen LogP contribution in [0.3, 0.4) is 0 Å². The van der Waals surface area contributed by atoms with Crippen molar-refractivity contribution in [3.8, 4) is 11.3 Å². The number of benzene rings is 1. The predicted molar refractivity (Wildman–Crippen MR) is 110 cm³/mol. The van der Waals surface area contributed by atoms with Gasteiger partial charge in [0, 0.05) is 41.7 Å². The molecule has 0 amide bonds. The highest BCUT2D eigenvalue weighted by Gasteiger charge is 2.24. The van der Waals surface area contributed by atoms with E-state index in [2.05, 4.69) is 22.5 Å². The molecule has 0 fully saturated rings. The van der Waals surface area contributed by atoms with Crippen LogP contribution in [0, 0.1) is 18.6 Å². The normalized spacial score (nSPS) is 17.7. The van der Waals surface area contributed by atoms with Gasteiger partial charge in [-0.1, -0.05) is 6.92 Å². The number of pyridine rings is 1. The molecule has 2 atom stereocenters. The number of aryl methyl sites for hydroxylation is 1. The molecule has 3 nitrogen and oxygen atoms in total. The fourth-order valence-corrected chi connectivity index (χ4v) is 3.72. The molecule has 0 bridgehead atoms. The van der Waals surface area contributed by atoms with Crippen molar-refractivity contribution in [2.75, 3.05) is 0 Å². The average Bonchev–Trinajstić information content (AvgIpc) is 3.10. The van der Waals surface area contributed by atoms with Crippen molar-refractivity contribution in [2.45, 2.75) is 65.2 Å². The van der Waals surface area contributed by atoms with Gasteiger partial charge >= 0.3 is 0 Å². The Hall–Kier alpha value is -2.50. The molecule has 1 aliphatic heterocycles. The molecule has 29 heavy (non-hydrogen) atoms. The molecule has 0 aliphatic carbocycles. The van der Waals surface area contributed by atoms with Crippen LogP contribution < -0.4 is 10.6 Å². The van der Waals surface area contributed by atoms with Crippen molar-refractivity contribution in [1.82, 2.24) is 15.6 Å². The van der Waals surface area contributed by atoms with E-state index in [-0.39, 0.29) is 16.8 Å². The molecule has 2 N–H and O–H groups in total. The zero-order valence-corrected chi connectivity index (χ0v) is 17.5. The number of nitrogens with zero attached hydrogens (tertiary/aromatic N) is 1. The Morgan fingerprint density at radius 3 is 2.59 bits per heavy atom. The van der Waals surface area contributed by atoms with Gasteiger partial charge in [-0.05, 0) is 63.4 Å². The largest absolute Gasteiger partial charge is 0.386 e. The molecule has 2 aromatic rings. The summed E-state index contributed by atoms with van der Waals surface area (Å²) < 4.78 is 44.2. The molecular formula is C23H28F3N3. The average molecular weight is 403 g/mol. The Bertz CT molecular complexity index is 932. The third-order valence-electron chi connectivity index (χ3n) is 5.43. The summed E-state index contributed by atoms with van der Waals surface area (Å²) in [6.07, 6.45) is 5.21. The molecular weight excluding hydrogens is 375 g/mol. The first kappa shape index (κ1) is 21.2. The van der Waals surface area contributed by atoms with Gasteiger partial charge in [-0.2, -0.15) is 0 Å². The number of alkyl halides is 1. The van der Waals surface area contributed by atoms with Crippen molar-refractivity contribution in [3.63, 3.8) is 0 Å². The fraction of sp³-hybridized carbons (Fsp3) is 0.435. The Balaban J connectivity index is 1.88. The van der Waals surface area contributed by atoms with Crippen LogP contribution in [-0.4, -0.2) is 11.0 Å². The van der Waals surface area contributed by atoms with Gasteiger partial charge in [0.2, 0.25) is 0 Å². The van der Waals surface area contributed by atoms with Crippen LogP contribution in [0.15, 0.2) is 36.3 Å². The first-order valence-corrected chi connectivity index (χ1v) is 9.97. The van der Waals surface area contributed by atoms with E-state index in [4.69, 9.17) is 0 Å². The molecule has 0 saturated heterocycles. The summed E-state index contributed by atoms with van der Waals surface area (Å²) in [7, 11) is 0. The zero-order chi connectivity index (χ0) is 21.3. The highest BCUT2D eigenvalue weighted by molar-refractivity contribution is 5.62. The minimum atomic E-state index is -1.60. The summed E-state index contributed by atoms with van der Waals surface area (Å²) in [5.74, 6) is -1.11. The first-order valence-electron chi connectivity index (χ1n) is 9.97. The van der Waals surface area contributed by atoms with Crippen molar-refractivity contribution in [3.05, 3.63) is 64.6 Å². The Kier molecular flexibility index (Phi) is 5.92. The van der Waals surface area contributed by atoms with E-state index in [0.717, 1.165) is 24.6 Å². The van der Waals surface area contributed by atoms with Gasteiger partial charge in [-0.25, -0.2) is 13.2 Å². The molecule has 0 radical (unpaired) electrons. The van der Waals surface area contributed by atoms with Gasteiger partial charge in [0.1, 0.15) is 17.3 Å². The second kappa shape index (κ2) is 8.09. The number of rotatable bonds is 6. The Morgan fingerprint density at radius 2 is 1.97 bits per heavy atom. The maximum atomic E-state index is 14.9. The lowest BCUT2D eigenvalue weighted by Crippen LogP contribution is -2.20. The van der Waals surface area contributed by atoms with Crippen LogP contribution in [0.4, 0.5) is 13.2 Å². The monoisotopic (exact) mass is 403 g/mol. The highest BCUT2D eigenvalue weighted by Crippen LogP contribution is 2.33. The second-order valence-electron chi connectivity index (χ2n) is 8.22. The van der Waals surface area contributed by atoms with Crippen LogP contribution in [0.2, 0.25) is 0 Å². The summed E-state index contributed by atoms with van der Waals surface area (Å²) in [5, 5.41) is 6.51. The second-order valence-corrected chi connectivity index (χ2v) is 8.22. The van der Waals surface area contributed by atoms with E-state index >= 15 is 0 Å². The van der Waals surface area contributed by atoms with Crippen molar-refractivity contribution >= 4 is 0 Å². The lowest BCUT2D eigenvalue weighted by Gasteiger charge is -2.20. The van der Waals surface area contributed by atoms with E-state index in [1.807, 2.05) is 6.20 Å². The third-order valence-corrected chi connectivity index (χ3v) is 5.43. The van der Waals surface area contributed by atoms with Gasteiger partial charge in [0.05, 0.1) is 11.7 Å². The maximum Gasteiger partial charge on any atom is 0.133 e. The van der Waals surface area contributed by atoms with E-state index < -0.39 is 23.3 Å². The van der Waals surface area contributed by atoms with Crippen LogP contribution in [0.25, 0.3) is 11.3 Å². The molecule has 0 spiro atoms. The minimum Gasteiger partial charge on any atom is -0.386 e. The van der Waals surface area contributed by atoms with Gasteiger partial charge in [-0.3, -0.25) is 4.98 Å². The van der Waals surface area contributed by atoms with E-state index in [1.165, 1.54) is 32.2 Å². The highest BCUT2D eigenvalue weighted by atomic mass is 19.1. The van der Waals surface area contributed by atoms with Crippen molar-refractivity contribution in [1.29, 1.82) is 0 Å². The number of hydrogen-bond donors (Lipinski definition) is 2. The topological polar surface area (TPSA) is 37.0 Å². The Morgan fingerprint density at radius 1 is 1.24 bits per heavy atom. The molecule has 1 aromatic carbocycles. The third kappa shape index (κ3) is 4.57. The summed E-state index contributed by atoms with van der Waals surface area (Å²) in [6, 6.07) is 3.81. The summed E-state index contributed by atoms with van der Waals surface area (Å²) >= 11 is 0. The first-order chi connectivity index (χ1) is 13.6. The summed E-state index contributed by atoms with van der Waals surface area (Å²) in [6.45, 7) is 8.51. The van der Waals surface area contributed by atoms with Crippen LogP contribution >= 0.6 is 0 Å². The summed E-state index contributed by atoms with van der Waals surface area (Å²) in [4.78, 5) is 4.19. The molecule has 6 heteroatoms. The van der Waals surface area contributed by atoms with Crippen LogP contribution in [0.1, 0.15) is 63.3 Å². The molecule has 156 valence electrons. The SMILES string of the molecule is CC[C@H]1CC(NC(C)c2cc(F)c(-c3cc(C(C)(C)F)c(C)cn3)cc2F)=CN1. The quantitative estimate of drug-likeness (QED) is 0.640. The number of nitrogens with one attached hydrogen (secondary N) is 2. The smallest absolute Gasteiger partial charge is 0.133 e. The molecule has 3 rings (SSSR count). The standard InChI is InChI=1S/C23H28F3N3/c1-6-15-7-16(12-27-15)29-14(3)17-8-21(25)18(9-20(17)24)22-10-19(23(4,5)26)13(2)11-28-22/h8-12,14-15,27,29H,6-7H2,1-5H3/t14?,15-/m0/s1.